The van der Waals surface area contributed by atoms with Crippen molar-refractivity contribution in [3.8, 4) is 0 Å². The minimum absolute atomic E-state index is 0.00575. The molecule has 1 aromatic heterocycles. The Kier molecular flexibility index (Phi) is 5.77. The summed E-state index contributed by atoms with van der Waals surface area (Å²) in [5.74, 6) is -2.34. The van der Waals surface area contributed by atoms with Gasteiger partial charge in [0.2, 0.25) is 0 Å². The molecule has 0 aliphatic heterocycles. The number of carbonyl (C=O) groups is 2. The van der Waals surface area contributed by atoms with Crippen LogP contribution in [-0.2, 0) is 4.74 Å². The zero-order valence-electron chi connectivity index (χ0n) is 15.5. The Morgan fingerprint density at radius 3 is 2.28 bits per heavy atom. The fourth-order valence-electron chi connectivity index (χ4n) is 2.50. The molecule has 29 heavy (non-hydrogen) atoms. The Hall–Kier alpha value is -3.88. The first-order chi connectivity index (χ1) is 13.9. The van der Waals surface area contributed by atoms with Crippen molar-refractivity contribution in [2.45, 2.75) is 6.92 Å². The van der Waals surface area contributed by atoms with E-state index in [1.165, 1.54) is 43.5 Å². The van der Waals surface area contributed by atoms with Crippen molar-refractivity contribution >= 4 is 29.1 Å². The van der Waals surface area contributed by atoms with E-state index >= 15 is 0 Å². The number of aryl methyl sites for hydroxylation is 1. The van der Waals surface area contributed by atoms with Gasteiger partial charge in [-0.2, -0.15) is 0 Å². The van der Waals surface area contributed by atoms with Gasteiger partial charge in [-0.25, -0.2) is 23.5 Å². The molecule has 3 aromatic rings. The van der Waals surface area contributed by atoms with Gasteiger partial charge in [0.05, 0.1) is 12.7 Å². The number of rotatable bonds is 5. The number of hydrogen-bond acceptors (Lipinski definition) is 6. The zero-order valence-corrected chi connectivity index (χ0v) is 15.5. The Balaban J connectivity index is 1.80. The van der Waals surface area contributed by atoms with Gasteiger partial charge in [0.15, 0.2) is 0 Å². The molecule has 0 aliphatic carbocycles. The number of benzene rings is 2. The zero-order chi connectivity index (χ0) is 21.0. The molecule has 0 bridgehead atoms. The van der Waals surface area contributed by atoms with E-state index in [1.54, 1.807) is 6.92 Å². The first-order valence-electron chi connectivity index (χ1n) is 8.44. The monoisotopic (exact) mass is 398 g/mol. The summed E-state index contributed by atoms with van der Waals surface area (Å²) in [4.78, 5) is 32.1. The van der Waals surface area contributed by atoms with Crippen LogP contribution >= 0.6 is 0 Å². The molecule has 0 saturated heterocycles. The molecule has 2 N–H and O–H groups in total. The molecule has 0 unspecified atom stereocenters. The first kappa shape index (κ1) is 19.9. The SMILES string of the molecule is COC(=O)c1ccc(NC(=O)c2cc(Nc3c(F)cccc3F)nc(C)n2)cc1. The van der Waals surface area contributed by atoms with E-state index in [9.17, 15) is 18.4 Å². The molecule has 7 nitrogen and oxygen atoms in total. The van der Waals surface area contributed by atoms with Crippen LogP contribution < -0.4 is 10.6 Å². The Morgan fingerprint density at radius 1 is 1.00 bits per heavy atom. The number of nitrogens with zero attached hydrogens (tertiary/aromatic N) is 2. The second kappa shape index (κ2) is 8.42. The van der Waals surface area contributed by atoms with E-state index in [4.69, 9.17) is 0 Å². The summed E-state index contributed by atoms with van der Waals surface area (Å²) >= 11 is 0. The van der Waals surface area contributed by atoms with Crippen molar-refractivity contribution in [2.75, 3.05) is 17.7 Å². The largest absolute Gasteiger partial charge is 0.465 e. The van der Waals surface area contributed by atoms with E-state index < -0.39 is 23.5 Å². The van der Waals surface area contributed by atoms with Gasteiger partial charge in [-0.3, -0.25) is 4.79 Å². The molecule has 2 aromatic carbocycles. The summed E-state index contributed by atoms with van der Waals surface area (Å²) < 4.78 is 32.3. The fraction of sp³-hybridized carbons (Fsp3) is 0.100. The smallest absolute Gasteiger partial charge is 0.337 e. The molecule has 1 amide bonds. The molecule has 0 saturated carbocycles. The normalized spacial score (nSPS) is 10.3. The number of anilines is 3. The van der Waals surface area contributed by atoms with Crippen molar-refractivity contribution < 1.29 is 23.1 Å². The van der Waals surface area contributed by atoms with Crippen molar-refractivity contribution in [3.63, 3.8) is 0 Å². The van der Waals surface area contributed by atoms with Crippen molar-refractivity contribution in [2.24, 2.45) is 0 Å². The summed E-state index contributed by atoms with van der Waals surface area (Å²) in [5.41, 5.74) is 0.375. The van der Waals surface area contributed by atoms with Crippen LogP contribution in [0.5, 0.6) is 0 Å². The van der Waals surface area contributed by atoms with E-state index in [1.807, 2.05) is 0 Å². The average Bonchev–Trinajstić information content (AvgIpc) is 2.70. The molecule has 148 valence electrons. The van der Waals surface area contributed by atoms with E-state index in [0.717, 1.165) is 12.1 Å². The number of ether oxygens (including phenoxy) is 1. The highest BCUT2D eigenvalue weighted by molar-refractivity contribution is 6.03. The molecular weight excluding hydrogens is 382 g/mol. The highest BCUT2D eigenvalue weighted by Crippen LogP contribution is 2.22. The quantitative estimate of drug-likeness (QED) is 0.635. The number of hydrogen-bond donors (Lipinski definition) is 2. The van der Waals surface area contributed by atoms with Gasteiger partial charge >= 0.3 is 5.97 Å². The number of nitrogens with one attached hydrogen (secondary N) is 2. The lowest BCUT2D eigenvalue weighted by Gasteiger charge is -2.10. The maximum absolute atomic E-state index is 13.8. The number of halogens is 2. The van der Waals surface area contributed by atoms with Gasteiger partial charge in [0, 0.05) is 11.8 Å². The molecule has 0 spiro atoms. The number of para-hydroxylation sites is 1. The predicted molar refractivity (Wildman–Crippen MR) is 102 cm³/mol. The van der Waals surface area contributed by atoms with Crippen LogP contribution in [-0.4, -0.2) is 29.0 Å². The summed E-state index contributed by atoms with van der Waals surface area (Å²) in [6.45, 7) is 1.55. The summed E-state index contributed by atoms with van der Waals surface area (Å²) in [6, 6.07) is 10.8. The third-order valence-electron chi connectivity index (χ3n) is 3.85. The molecule has 0 aliphatic rings. The summed E-state index contributed by atoms with van der Waals surface area (Å²) in [6.07, 6.45) is 0. The van der Waals surface area contributed by atoms with Gasteiger partial charge < -0.3 is 15.4 Å². The molecule has 0 atom stereocenters. The number of esters is 1. The Labute approximate surface area is 164 Å². The van der Waals surface area contributed by atoms with Crippen LogP contribution in [0, 0.1) is 18.6 Å². The van der Waals surface area contributed by atoms with Gasteiger partial charge in [-0.15, -0.1) is 0 Å². The highest BCUT2D eigenvalue weighted by atomic mass is 19.1. The molecule has 0 fully saturated rings. The van der Waals surface area contributed by atoms with E-state index in [-0.39, 0.29) is 23.0 Å². The number of carbonyl (C=O) groups excluding carboxylic acids is 2. The maximum Gasteiger partial charge on any atom is 0.337 e. The van der Waals surface area contributed by atoms with Crippen LogP contribution in [0.25, 0.3) is 0 Å². The molecule has 1 heterocycles. The predicted octanol–water partition coefficient (Wildman–Crippen LogP) is 3.85. The topological polar surface area (TPSA) is 93.2 Å². The van der Waals surface area contributed by atoms with Gasteiger partial charge in [-0.1, -0.05) is 6.07 Å². The minimum atomic E-state index is -0.794. The average molecular weight is 398 g/mol. The van der Waals surface area contributed by atoms with Crippen LogP contribution in [0.2, 0.25) is 0 Å². The standard InChI is InChI=1S/C20H16F2N4O3/c1-11-23-16(10-17(24-11)26-18-14(21)4-3-5-15(18)22)19(27)25-13-8-6-12(7-9-13)20(28)29-2/h3-10H,1-2H3,(H,25,27)(H,23,24,26). The van der Waals surface area contributed by atoms with Crippen LogP contribution in [0.4, 0.5) is 26.0 Å². The maximum atomic E-state index is 13.8. The van der Waals surface area contributed by atoms with Crippen molar-refractivity contribution in [1.29, 1.82) is 0 Å². The van der Waals surface area contributed by atoms with E-state index in [2.05, 4.69) is 25.3 Å². The van der Waals surface area contributed by atoms with Crippen molar-refractivity contribution in [3.05, 3.63) is 77.2 Å². The van der Waals surface area contributed by atoms with Crippen LogP contribution in [0.1, 0.15) is 26.7 Å². The van der Waals surface area contributed by atoms with Crippen LogP contribution in [0.3, 0.4) is 0 Å². The number of aromatic nitrogens is 2. The summed E-state index contributed by atoms with van der Waals surface area (Å²) in [5, 5.41) is 5.16. The van der Waals surface area contributed by atoms with Gasteiger partial charge in [0.1, 0.15) is 34.7 Å². The lowest BCUT2D eigenvalue weighted by atomic mass is 10.2. The van der Waals surface area contributed by atoms with Crippen molar-refractivity contribution in [1.82, 2.24) is 9.97 Å². The molecule has 9 heteroatoms. The summed E-state index contributed by atoms with van der Waals surface area (Å²) in [7, 11) is 1.27. The lowest BCUT2D eigenvalue weighted by Crippen LogP contribution is -2.15. The number of methoxy groups -OCH3 is 1. The van der Waals surface area contributed by atoms with Gasteiger partial charge in [-0.05, 0) is 43.3 Å². The highest BCUT2D eigenvalue weighted by Gasteiger charge is 2.14. The minimum Gasteiger partial charge on any atom is -0.465 e. The second-order valence-electron chi connectivity index (χ2n) is 5.93. The fourth-order valence-corrected chi connectivity index (χ4v) is 2.50. The van der Waals surface area contributed by atoms with Crippen LogP contribution in [0.15, 0.2) is 48.5 Å². The lowest BCUT2D eigenvalue weighted by molar-refractivity contribution is 0.0600. The second-order valence-corrected chi connectivity index (χ2v) is 5.93. The third kappa shape index (κ3) is 4.70. The molecular formula is C20H16F2N4O3. The van der Waals surface area contributed by atoms with E-state index in [0.29, 0.717) is 11.3 Å². The third-order valence-corrected chi connectivity index (χ3v) is 3.85. The molecule has 3 rings (SSSR count). The Bertz CT molecular complexity index is 1050. The van der Waals surface area contributed by atoms with Gasteiger partial charge in [0.25, 0.3) is 5.91 Å². The number of amides is 1. The Morgan fingerprint density at radius 2 is 1.66 bits per heavy atom. The molecule has 0 radical (unpaired) electrons. The first-order valence-corrected chi connectivity index (χ1v) is 8.44.